The predicted octanol–water partition coefficient (Wildman–Crippen LogP) is 0.675. The number of halogens is 1. The van der Waals surface area contributed by atoms with Gasteiger partial charge < -0.3 is 9.80 Å². The van der Waals surface area contributed by atoms with E-state index in [4.69, 9.17) is 0 Å². The Bertz CT molecular complexity index is 390. The summed E-state index contributed by atoms with van der Waals surface area (Å²) >= 11 is 3.51. The molecule has 1 heterocycles. The van der Waals surface area contributed by atoms with Crippen LogP contribution in [-0.4, -0.2) is 32.2 Å². The Morgan fingerprint density at radius 3 is 2.21 bits per heavy atom. The molecule has 3 rings (SSSR count). The van der Waals surface area contributed by atoms with Crippen LogP contribution in [-0.2, 0) is 6.54 Å². The summed E-state index contributed by atoms with van der Waals surface area (Å²) in [6, 6.07) is 9.83. The third-order valence-corrected chi connectivity index (χ3v) is 5.43. The van der Waals surface area contributed by atoms with E-state index in [1.807, 2.05) is 4.90 Å². The summed E-state index contributed by atoms with van der Waals surface area (Å²) in [5.41, 5.74) is 1.47. The van der Waals surface area contributed by atoms with E-state index in [-0.39, 0.29) is 0 Å². The van der Waals surface area contributed by atoms with Crippen LogP contribution in [0.1, 0.15) is 31.2 Å². The van der Waals surface area contributed by atoms with Gasteiger partial charge in [0.05, 0.1) is 6.04 Å². The summed E-state index contributed by atoms with van der Waals surface area (Å²) in [4.78, 5) is 3.67. The van der Waals surface area contributed by atoms with Gasteiger partial charge in [-0.1, -0.05) is 28.1 Å². The van der Waals surface area contributed by atoms with Crippen molar-refractivity contribution in [1.29, 1.82) is 0 Å². The Labute approximate surface area is 124 Å². The minimum Gasteiger partial charge on any atom is -0.323 e. The molecule has 1 aliphatic carbocycles. The van der Waals surface area contributed by atoms with Gasteiger partial charge in [-0.2, -0.15) is 0 Å². The summed E-state index contributed by atoms with van der Waals surface area (Å²) in [5.74, 6) is 0. The lowest BCUT2D eigenvalue weighted by molar-refractivity contribution is -1.03. The predicted molar refractivity (Wildman–Crippen MR) is 81.5 cm³/mol. The van der Waals surface area contributed by atoms with Gasteiger partial charge in [0.2, 0.25) is 0 Å². The second-order valence-corrected chi connectivity index (χ2v) is 7.11. The molecule has 1 saturated carbocycles. The standard InChI is InChI=1S/C16H23BrN2/c17-15-7-5-14(6-8-15)13-18-9-11-19(12-10-18)16-3-1-2-4-16/h5-8,16H,1-4,9-13H2/p+2. The van der Waals surface area contributed by atoms with Gasteiger partial charge in [0.15, 0.2) is 0 Å². The van der Waals surface area contributed by atoms with Gasteiger partial charge in [-0.25, -0.2) is 0 Å². The number of benzene rings is 1. The van der Waals surface area contributed by atoms with Crippen molar-refractivity contribution < 1.29 is 9.80 Å². The molecular weight excluding hydrogens is 300 g/mol. The Kier molecular flexibility index (Phi) is 4.57. The third-order valence-electron chi connectivity index (χ3n) is 4.90. The van der Waals surface area contributed by atoms with Crippen LogP contribution in [0.25, 0.3) is 0 Å². The smallest absolute Gasteiger partial charge is 0.127 e. The van der Waals surface area contributed by atoms with Crippen molar-refractivity contribution in [2.24, 2.45) is 0 Å². The molecule has 0 aromatic heterocycles. The topological polar surface area (TPSA) is 8.88 Å². The van der Waals surface area contributed by atoms with Gasteiger partial charge in [0.25, 0.3) is 0 Å². The molecule has 1 saturated heterocycles. The fourth-order valence-corrected chi connectivity index (χ4v) is 4.00. The molecule has 19 heavy (non-hydrogen) atoms. The molecule has 0 radical (unpaired) electrons. The van der Waals surface area contributed by atoms with Crippen LogP contribution in [0.5, 0.6) is 0 Å². The van der Waals surface area contributed by atoms with Gasteiger partial charge in [-0.05, 0) is 37.8 Å². The Balaban J connectivity index is 1.48. The maximum Gasteiger partial charge on any atom is 0.127 e. The molecule has 2 fully saturated rings. The highest BCUT2D eigenvalue weighted by Gasteiger charge is 2.31. The van der Waals surface area contributed by atoms with Crippen molar-refractivity contribution in [1.82, 2.24) is 0 Å². The van der Waals surface area contributed by atoms with E-state index in [2.05, 4.69) is 40.2 Å². The minimum atomic E-state index is 0.995. The number of piperazine rings is 1. The highest BCUT2D eigenvalue weighted by Crippen LogP contribution is 2.15. The van der Waals surface area contributed by atoms with Crippen molar-refractivity contribution in [3.05, 3.63) is 34.3 Å². The van der Waals surface area contributed by atoms with E-state index in [1.54, 1.807) is 4.90 Å². The highest BCUT2D eigenvalue weighted by molar-refractivity contribution is 9.10. The first-order valence-electron chi connectivity index (χ1n) is 7.74. The number of nitrogens with one attached hydrogen (secondary N) is 2. The van der Waals surface area contributed by atoms with E-state index in [9.17, 15) is 0 Å². The zero-order valence-corrected chi connectivity index (χ0v) is 13.2. The first kappa shape index (κ1) is 13.6. The first-order chi connectivity index (χ1) is 9.31. The molecule has 1 aromatic carbocycles. The molecule has 3 heteroatoms. The Morgan fingerprint density at radius 2 is 1.58 bits per heavy atom. The molecule has 0 atom stereocenters. The first-order valence-corrected chi connectivity index (χ1v) is 8.53. The molecule has 0 bridgehead atoms. The van der Waals surface area contributed by atoms with Crippen LogP contribution in [0.15, 0.2) is 28.7 Å². The van der Waals surface area contributed by atoms with Gasteiger partial charge in [0.1, 0.15) is 32.7 Å². The normalized spacial score (nSPS) is 28.7. The molecule has 2 nitrogen and oxygen atoms in total. The summed E-state index contributed by atoms with van der Waals surface area (Å²) < 4.78 is 1.18. The minimum absolute atomic E-state index is 0.995. The lowest BCUT2D eigenvalue weighted by atomic mass is 10.1. The van der Waals surface area contributed by atoms with Crippen LogP contribution < -0.4 is 9.80 Å². The zero-order chi connectivity index (χ0) is 13.1. The lowest BCUT2D eigenvalue weighted by Crippen LogP contribution is -3.29. The summed E-state index contributed by atoms with van der Waals surface area (Å²) in [5, 5.41) is 0. The largest absolute Gasteiger partial charge is 0.323 e. The molecule has 1 aromatic rings. The van der Waals surface area contributed by atoms with Crippen molar-refractivity contribution in [2.75, 3.05) is 26.2 Å². The number of hydrogen-bond acceptors (Lipinski definition) is 0. The summed E-state index contributed by atoms with van der Waals surface area (Å²) in [7, 11) is 0. The second kappa shape index (κ2) is 6.38. The average molecular weight is 325 g/mol. The van der Waals surface area contributed by atoms with Gasteiger partial charge in [0, 0.05) is 10.0 Å². The molecular formula is C16H25BrN2+2. The van der Waals surface area contributed by atoms with Gasteiger partial charge in [-0.15, -0.1) is 0 Å². The average Bonchev–Trinajstić information content (AvgIpc) is 2.96. The van der Waals surface area contributed by atoms with Gasteiger partial charge >= 0.3 is 0 Å². The number of hydrogen-bond donors (Lipinski definition) is 2. The Morgan fingerprint density at radius 1 is 0.947 bits per heavy atom. The highest BCUT2D eigenvalue weighted by atomic mass is 79.9. The second-order valence-electron chi connectivity index (χ2n) is 6.19. The number of rotatable bonds is 3. The molecule has 0 spiro atoms. The summed E-state index contributed by atoms with van der Waals surface area (Å²) in [6.45, 7) is 6.67. The van der Waals surface area contributed by atoms with E-state index in [0.29, 0.717) is 0 Å². The molecule has 0 unspecified atom stereocenters. The molecule has 2 N–H and O–H groups in total. The van der Waals surface area contributed by atoms with Crippen molar-refractivity contribution >= 4 is 15.9 Å². The molecule has 1 aliphatic heterocycles. The van der Waals surface area contributed by atoms with Crippen LogP contribution >= 0.6 is 15.9 Å². The van der Waals surface area contributed by atoms with E-state index >= 15 is 0 Å². The quantitative estimate of drug-likeness (QED) is 0.809. The van der Waals surface area contributed by atoms with Crippen LogP contribution in [0.3, 0.4) is 0 Å². The van der Waals surface area contributed by atoms with Crippen molar-refractivity contribution in [3.63, 3.8) is 0 Å². The molecule has 104 valence electrons. The zero-order valence-electron chi connectivity index (χ0n) is 11.6. The van der Waals surface area contributed by atoms with E-state index < -0.39 is 0 Å². The SMILES string of the molecule is Brc1ccc(C[NH+]2CC[NH+](C3CCCC3)CC2)cc1. The maximum absolute atomic E-state index is 3.51. The van der Waals surface area contributed by atoms with Crippen LogP contribution in [0.4, 0.5) is 0 Å². The van der Waals surface area contributed by atoms with E-state index in [1.165, 1.54) is 68.4 Å². The number of quaternary nitrogens is 2. The van der Waals surface area contributed by atoms with Crippen molar-refractivity contribution in [3.8, 4) is 0 Å². The van der Waals surface area contributed by atoms with Gasteiger partial charge in [-0.3, -0.25) is 0 Å². The molecule has 0 amide bonds. The fourth-order valence-electron chi connectivity index (χ4n) is 3.73. The monoisotopic (exact) mass is 324 g/mol. The lowest BCUT2D eigenvalue weighted by Gasteiger charge is -2.33. The van der Waals surface area contributed by atoms with E-state index in [0.717, 1.165) is 6.04 Å². The summed E-state index contributed by atoms with van der Waals surface area (Å²) in [6.07, 6.45) is 5.92. The maximum atomic E-state index is 3.51. The van der Waals surface area contributed by atoms with Crippen molar-refractivity contribution in [2.45, 2.75) is 38.3 Å². The third kappa shape index (κ3) is 3.59. The fraction of sp³-hybridized carbons (Fsp3) is 0.625. The van der Waals surface area contributed by atoms with Crippen LogP contribution in [0.2, 0.25) is 0 Å². The van der Waals surface area contributed by atoms with Crippen LogP contribution in [0, 0.1) is 0 Å². The Hall–Kier alpha value is -0.380. The molecule has 2 aliphatic rings.